The number of rotatable bonds is 2. The Morgan fingerprint density at radius 2 is 1.85 bits per heavy atom. The fourth-order valence-electron chi connectivity index (χ4n) is 2.09. The van der Waals surface area contributed by atoms with E-state index < -0.39 is 7.12 Å². The second kappa shape index (κ2) is 4.26. The minimum Gasteiger partial charge on any atom is -0.399 e. The summed E-state index contributed by atoms with van der Waals surface area (Å²) in [5, 5.41) is 4.37. The Balaban J connectivity index is 1.95. The topological polar surface area (TPSA) is 61.5 Å². The first-order valence-corrected chi connectivity index (χ1v) is 6.89. The van der Waals surface area contributed by atoms with Crippen molar-refractivity contribution in [1.29, 1.82) is 0 Å². The molecule has 2 aromatic heterocycles. The SMILES string of the molecule is CCc1nc2ncc(B3OC(C)(C)C(C)(C)O3)cn2n1. The predicted molar refractivity (Wildman–Crippen MR) is 75.9 cm³/mol. The molecule has 1 saturated heterocycles. The van der Waals surface area contributed by atoms with E-state index in [2.05, 4.69) is 15.1 Å². The van der Waals surface area contributed by atoms with Crippen LogP contribution < -0.4 is 5.46 Å². The second-order valence-electron chi connectivity index (χ2n) is 6.10. The summed E-state index contributed by atoms with van der Waals surface area (Å²) in [6.45, 7) is 10.1. The van der Waals surface area contributed by atoms with Crippen LogP contribution in [0.2, 0.25) is 0 Å². The Morgan fingerprint density at radius 3 is 2.45 bits per heavy atom. The molecule has 0 spiro atoms. The Kier molecular flexibility index (Phi) is 2.88. The zero-order chi connectivity index (χ0) is 14.5. The fraction of sp³-hybridized carbons (Fsp3) is 0.615. The lowest BCUT2D eigenvalue weighted by Gasteiger charge is -2.32. The maximum Gasteiger partial charge on any atom is 0.498 e. The van der Waals surface area contributed by atoms with Crippen molar-refractivity contribution in [2.45, 2.75) is 52.2 Å². The number of hydrogen-bond donors (Lipinski definition) is 0. The van der Waals surface area contributed by atoms with Crippen LogP contribution in [0.5, 0.6) is 0 Å². The van der Waals surface area contributed by atoms with Gasteiger partial charge in [0.1, 0.15) is 0 Å². The van der Waals surface area contributed by atoms with Gasteiger partial charge in [-0.25, -0.2) is 9.50 Å². The van der Waals surface area contributed by atoms with E-state index in [0.29, 0.717) is 5.78 Å². The molecule has 1 aliphatic rings. The Bertz CT molecular complexity index is 637. The number of nitrogens with zero attached hydrogens (tertiary/aromatic N) is 4. The van der Waals surface area contributed by atoms with Crippen molar-refractivity contribution in [1.82, 2.24) is 19.6 Å². The molecule has 0 saturated carbocycles. The molecule has 1 fully saturated rings. The quantitative estimate of drug-likeness (QED) is 0.764. The van der Waals surface area contributed by atoms with Gasteiger partial charge in [0.25, 0.3) is 5.78 Å². The van der Waals surface area contributed by atoms with E-state index in [4.69, 9.17) is 9.31 Å². The van der Waals surface area contributed by atoms with Crippen LogP contribution in [0, 0.1) is 0 Å². The highest BCUT2D eigenvalue weighted by Gasteiger charge is 2.52. The molecule has 0 amide bonds. The molecule has 2 aromatic rings. The maximum absolute atomic E-state index is 6.01. The van der Waals surface area contributed by atoms with Gasteiger partial charge in [-0.15, -0.1) is 0 Å². The second-order valence-corrected chi connectivity index (χ2v) is 6.10. The molecular formula is C13H19BN4O2. The van der Waals surface area contributed by atoms with E-state index in [0.717, 1.165) is 17.7 Å². The molecule has 3 heterocycles. The zero-order valence-corrected chi connectivity index (χ0v) is 12.5. The van der Waals surface area contributed by atoms with Crippen LogP contribution in [-0.2, 0) is 15.7 Å². The monoisotopic (exact) mass is 274 g/mol. The standard InChI is InChI=1S/C13H19BN4O2/c1-6-10-16-11-15-7-9(8-18(11)17-10)14-19-12(2,3)13(4,5)20-14/h7-8H,6H2,1-5H3. The third-order valence-corrected chi connectivity index (χ3v) is 4.10. The lowest BCUT2D eigenvalue weighted by molar-refractivity contribution is 0.00578. The summed E-state index contributed by atoms with van der Waals surface area (Å²) >= 11 is 0. The van der Waals surface area contributed by atoms with Crippen LogP contribution in [0.4, 0.5) is 0 Å². The van der Waals surface area contributed by atoms with Crippen molar-refractivity contribution >= 4 is 18.4 Å². The maximum atomic E-state index is 6.01. The summed E-state index contributed by atoms with van der Waals surface area (Å²) in [7, 11) is -0.425. The van der Waals surface area contributed by atoms with Crippen molar-refractivity contribution in [3.8, 4) is 0 Å². The highest BCUT2D eigenvalue weighted by Crippen LogP contribution is 2.36. The average molecular weight is 274 g/mol. The van der Waals surface area contributed by atoms with Crippen molar-refractivity contribution in [2.75, 3.05) is 0 Å². The van der Waals surface area contributed by atoms with Crippen molar-refractivity contribution < 1.29 is 9.31 Å². The molecule has 3 rings (SSSR count). The van der Waals surface area contributed by atoms with Gasteiger partial charge in [-0.2, -0.15) is 10.1 Å². The number of aromatic nitrogens is 4. The molecule has 0 bridgehead atoms. The van der Waals surface area contributed by atoms with Gasteiger partial charge in [0.2, 0.25) is 0 Å². The minimum absolute atomic E-state index is 0.358. The fourth-order valence-corrected chi connectivity index (χ4v) is 2.09. The van der Waals surface area contributed by atoms with Gasteiger partial charge >= 0.3 is 7.12 Å². The van der Waals surface area contributed by atoms with Crippen LogP contribution in [0.15, 0.2) is 12.4 Å². The molecule has 1 aliphatic heterocycles. The molecular weight excluding hydrogens is 255 g/mol. The van der Waals surface area contributed by atoms with Crippen LogP contribution in [0.25, 0.3) is 5.78 Å². The van der Waals surface area contributed by atoms with E-state index in [1.54, 1.807) is 10.7 Å². The smallest absolute Gasteiger partial charge is 0.399 e. The highest BCUT2D eigenvalue weighted by molar-refractivity contribution is 6.61. The number of aryl methyl sites for hydroxylation is 1. The van der Waals surface area contributed by atoms with Gasteiger partial charge in [0, 0.05) is 24.3 Å². The van der Waals surface area contributed by atoms with Gasteiger partial charge in [-0.05, 0) is 27.7 Å². The summed E-state index contributed by atoms with van der Waals surface area (Å²) in [4.78, 5) is 8.63. The zero-order valence-electron chi connectivity index (χ0n) is 12.5. The van der Waals surface area contributed by atoms with Crippen molar-refractivity contribution in [2.24, 2.45) is 0 Å². The number of hydrogen-bond acceptors (Lipinski definition) is 5. The van der Waals surface area contributed by atoms with E-state index in [1.165, 1.54) is 0 Å². The summed E-state index contributed by atoms with van der Waals surface area (Å²) in [6.07, 6.45) is 4.40. The van der Waals surface area contributed by atoms with Crippen LogP contribution in [0.1, 0.15) is 40.4 Å². The van der Waals surface area contributed by atoms with Gasteiger partial charge in [-0.1, -0.05) is 6.92 Å². The first kappa shape index (κ1) is 13.5. The number of fused-ring (bicyclic) bond motifs is 1. The molecule has 0 unspecified atom stereocenters. The van der Waals surface area contributed by atoms with Gasteiger partial charge in [0.05, 0.1) is 11.2 Å². The Morgan fingerprint density at radius 1 is 1.20 bits per heavy atom. The molecule has 0 atom stereocenters. The molecule has 20 heavy (non-hydrogen) atoms. The largest absolute Gasteiger partial charge is 0.498 e. The first-order valence-electron chi connectivity index (χ1n) is 6.89. The summed E-state index contributed by atoms with van der Waals surface area (Å²) < 4.78 is 13.7. The van der Waals surface area contributed by atoms with E-state index in [1.807, 2.05) is 40.8 Å². The molecule has 106 valence electrons. The average Bonchev–Trinajstić information content (AvgIpc) is 2.87. The van der Waals surface area contributed by atoms with E-state index in [-0.39, 0.29) is 11.2 Å². The normalized spacial score (nSPS) is 20.8. The van der Waals surface area contributed by atoms with Crippen LogP contribution in [0.3, 0.4) is 0 Å². The third-order valence-electron chi connectivity index (χ3n) is 4.10. The van der Waals surface area contributed by atoms with Gasteiger partial charge < -0.3 is 9.31 Å². The highest BCUT2D eigenvalue weighted by atomic mass is 16.7. The predicted octanol–water partition coefficient (Wildman–Crippen LogP) is 0.986. The molecule has 0 aromatic carbocycles. The Labute approximate surface area is 118 Å². The Hall–Kier alpha value is -1.47. The lowest BCUT2D eigenvalue weighted by atomic mass is 9.81. The van der Waals surface area contributed by atoms with E-state index >= 15 is 0 Å². The van der Waals surface area contributed by atoms with E-state index in [9.17, 15) is 0 Å². The summed E-state index contributed by atoms with van der Waals surface area (Å²) in [6, 6.07) is 0. The summed E-state index contributed by atoms with van der Waals surface area (Å²) in [5.74, 6) is 1.38. The minimum atomic E-state index is -0.425. The third kappa shape index (κ3) is 2.01. The van der Waals surface area contributed by atoms with Crippen molar-refractivity contribution in [3.05, 3.63) is 18.2 Å². The van der Waals surface area contributed by atoms with Crippen molar-refractivity contribution in [3.63, 3.8) is 0 Å². The molecule has 0 radical (unpaired) electrons. The molecule has 0 aliphatic carbocycles. The molecule has 7 heteroatoms. The first-order chi connectivity index (χ1) is 9.32. The lowest BCUT2D eigenvalue weighted by Crippen LogP contribution is -2.41. The van der Waals surface area contributed by atoms with Crippen LogP contribution >= 0.6 is 0 Å². The van der Waals surface area contributed by atoms with Crippen LogP contribution in [-0.4, -0.2) is 37.9 Å². The van der Waals surface area contributed by atoms with Gasteiger partial charge in [0.15, 0.2) is 5.82 Å². The van der Waals surface area contributed by atoms with Gasteiger partial charge in [-0.3, -0.25) is 0 Å². The molecule has 6 nitrogen and oxygen atoms in total. The summed E-state index contributed by atoms with van der Waals surface area (Å²) in [5.41, 5.74) is 0.136. The molecule has 0 N–H and O–H groups in total.